The van der Waals surface area contributed by atoms with E-state index in [1.165, 1.54) is 4.90 Å². The van der Waals surface area contributed by atoms with Gasteiger partial charge in [-0.15, -0.1) is 0 Å². The zero-order chi connectivity index (χ0) is 14.3. The van der Waals surface area contributed by atoms with Crippen LogP contribution in [0.3, 0.4) is 0 Å². The van der Waals surface area contributed by atoms with Gasteiger partial charge >= 0.3 is 5.97 Å². The van der Waals surface area contributed by atoms with E-state index < -0.39 is 17.8 Å². The molecule has 2 heterocycles. The van der Waals surface area contributed by atoms with Crippen molar-refractivity contribution in [1.29, 1.82) is 0 Å². The molecule has 2 aromatic rings. The Balaban J connectivity index is 2.03. The number of carbonyl (C=O) groups excluding carboxylic acids is 1. The lowest BCUT2D eigenvalue weighted by molar-refractivity contribution is -0.138. The van der Waals surface area contributed by atoms with Gasteiger partial charge in [0.25, 0.3) is 5.91 Å². The highest BCUT2D eigenvalue weighted by Crippen LogP contribution is 2.37. The summed E-state index contributed by atoms with van der Waals surface area (Å²) >= 11 is 0. The predicted molar refractivity (Wildman–Crippen MR) is 67.2 cm³/mol. The van der Waals surface area contributed by atoms with Crippen molar-refractivity contribution in [2.75, 3.05) is 17.2 Å². The second-order valence-electron chi connectivity index (χ2n) is 4.36. The first kappa shape index (κ1) is 12.2. The number of rotatable bonds is 2. The summed E-state index contributed by atoms with van der Waals surface area (Å²) in [7, 11) is 0. The molecule has 0 spiro atoms. The van der Waals surface area contributed by atoms with Crippen molar-refractivity contribution < 1.29 is 19.3 Å². The molecule has 1 atom stereocenters. The molecule has 3 rings (SSSR count). The molecular formula is C12H10N4O4. The number of fused-ring (bicyclic) bond motifs is 1. The maximum absolute atomic E-state index is 12.4. The number of carboxylic acid groups (broad SMARTS) is 1. The molecule has 1 aromatic carbocycles. The van der Waals surface area contributed by atoms with Crippen molar-refractivity contribution in [2.24, 2.45) is 0 Å². The second-order valence-corrected chi connectivity index (χ2v) is 4.36. The largest absolute Gasteiger partial charge is 0.481 e. The van der Waals surface area contributed by atoms with Gasteiger partial charge in [0.2, 0.25) is 11.5 Å². The monoisotopic (exact) mass is 274 g/mol. The highest BCUT2D eigenvalue weighted by molar-refractivity contribution is 6.09. The lowest BCUT2D eigenvalue weighted by Gasteiger charge is -2.15. The van der Waals surface area contributed by atoms with Crippen LogP contribution in [0.25, 0.3) is 0 Å². The number of amides is 1. The van der Waals surface area contributed by atoms with E-state index in [1.54, 1.807) is 24.3 Å². The van der Waals surface area contributed by atoms with Gasteiger partial charge in [0.1, 0.15) is 5.92 Å². The summed E-state index contributed by atoms with van der Waals surface area (Å²) in [5, 5.41) is 16.0. The van der Waals surface area contributed by atoms with Gasteiger partial charge in [0.05, 0.1) is 0 Å². The molecule has 0 saturated carbocycles. The van der Waals surface area contributed by atoms with Crippen LogP contribution in [0.15, 0.2) is 28.9 Å². The number of hydrogen-bond acceptors (Lipinski definition) is 6. The number of nitrogen functional groups attached to an aromatic ring is 1. The Morgan fingerprint density at radius 2 is 2.10 bits per heavy atom. The van der Waals surface area contributed by atoms with Crippen LogP contribution in [0, 0.1) is 0 Å². The van der Waals surface area contributed by atoms with Crippen LogP contribution in [-0.4, -0.2) is 33.8 Å². The number of anilines is 2. The number of carboxylic acids is 1. The number of hydrogen-bond donors (Lipinski definition) is 2. The summed E-state index contributed by atoms with van der Waals surface area (Å²) < 4.78 is 4.40. The summed E-state index contributed by atoms with van der Waals surface area (Å²) in [5.41, 5.74) is 6.49. The van der Waals surface area contributed by atoms with Crippen LogP contribution in [0.4, 0.5) is 11.5 Å². The minimum absolute atomic E-state index is 0.0276. The quantitative estimate of drug-likeness (QED) is 0.816. The van der Waals surface area contributed by atoms with E-state index in [-0.39, 0.29) is 18.1 Å². The van der Waals surface area contributed by atoms with Crippen LogP contribution in [-0.2, 0) is 4.79 Å². The van der Waals surface area contributed by atoms with E-state index in [0.717, 1.165) is 0 Å². The van der Waals surface area contributed by atoms with Crippen molar-refractivity contribution in [3.8, 4) is 0 Å². The molecule has 102 valence electrons. The van der Waals surface area contributed by atoms with E-state index in [0.29, 0.717) is 11.3 Å². The summed E-state index contributed by atoms with van der Waals surface area (Å²) in [6, 6.07) is 6.83. The van der Waals surface area contributed by atoms with Crippen molar-refractivity contribution in [3.05, 3.63) is 35.5 Å². The number of aliphatic carboxylic acids is 1. The summed E-state index contributed by atoms with van der Waals surface area (Å²) in [4.78, 5) is 25.0. The molecule has 20 heavy (non-hydrogen) atoms. The molecule has 1 amide bonds. The van der Waals surface area contributed by atoms with Crippen LogP contribution >= 0.6 is 0 Å². The fraction of sp³-hybridized carbons (Fsp3) is 0.167. The zero-order valence-corrected chi connectivity index (χ0v) is 10.2. The number of benzene rings is 1. The predicted octanol–water partition coefficient (Wildman–Crippen LogP) is 0.480. The molecule has 0 aliphatic carbocycles. The maximum Gasteiger partial charge on any atom is 0.312 e. The van der Waals surface area contributed by atoms with Crippen molar-refractivity contribution >= 4 is 23.4 Å². The molecule has 3 N–H and O–H groups in total. The fourth-order valence-corrected chi connectivity index (χ4v) is 2.28. The first-order chi connectivity index (χ1) is 9.59. The number of nitrogens with two attached hydrogens (primary N) is 1. The van der Waals surface area contributed by atoms with E-state index in [9.17, 15) is 14.7 Å². The van der Waals surface area contributed by atoms with Gasteiger partial charge in [-0.05, 0) is 21.9 Å². The lowest BCUT2D eigenvalue weighted by Crippen LogP contribution is -2.32. The van der Waals surface area contributed by atoms with Crippen molar-refractivity contribution in [2.45, 2.75) is 5.92 Å². The zero-order valence-electron chi connectivity index (χ0n) is 10.2. The highest BCUT2D eigenvalue weighted by atomic mass is 16.6. The Hall–Kier alpha value is -2.90. The average molecular weight is 274 g/mol. The molecule has 0 bridgehead atoms. The lowest BCUT2D eigenvalue weighted by atomic mass is 10.0. The molecule has 0 fully saturated rings. The molecule has 1 aliphatic heterocycles. The first-order valence-electron chi connectivity index (χ1n) is 5.81. The summed E-state index contributed by atoms with van der Waals surface area (Å²) in [6.07, 6.45) is 0. The Bertz CT molecular complexity index is 696. The molecule has 0 saturated heterocycles. The number of para-hydroxylation sites is 1. The Morgan fingerprint density at radius 1 is 1.35 bits per heavy atom. The van der Waals surface area contributed by atoms with E-state index >= 15 is 0 Å². The first-order valence-corrected chi connectivity index (χ1v) is 5.81. The standard InChI is InChI=1S/C12H10N4O4/c13-10-9(14-20-15-10)11(17)16-5-7(12(18)19)6-3-1-2-4-8(6)16/h1-4,7H,5H2,(H2,13,15)(H,18,19). The van der Waals surface area contributed by atoms with Crippen LogP contribution in [0.2, 0.25) is 0 Å². The van der Waals surface area contributed by atoms with E-state index in [2.05, 4.69) is 14.9 Å². The number of nitrogens with zero attached hydrogens (tertiary/aromatic N) is 3. The molecule has 1 unspecified atom stereocenters. The van der Waals surface area contributed by atoms with Gasteiger partial charge in [-0.2, -0.15) is 0 Å². The minimum Gasteiger partial charge on any atom is -0.481 e. The molecule has 8 heteroatoms. The summed E-state index contributed by atoms with van der Waals surface area (Å²) in [6.45, 7) is 0.0276. The topological polar surface area (TPSA) is 123 Å². The van der Waals surface area contributed by atoms with Gasteiger partial charge < -0.3 is 15.7 Å². The minimum atomic E-state index is -0.987. The highest BCUT2D eigenvalue weighted by Gasteiger charge is 2.38. The van der Waals surface area contributed by atoms with Crippen LogP contribution in [0.5, 0.6) is 0 Å². The van der Waals surface area contributed by atoms with Crippen LogP contribution in [0.1, 0.15) is 22.0 Å². The second kappa shape index (κ2) is 4.34. The van der Waals surface area contributed by atoms with Gasteiger partial charge in [0.15, 0.2) is 0 Å². The molecule has 1 aromatic heterocycles. The normalized spacial score (nSPS) is 17.0. The van der Waals surface area contributed by atoms with Crippen molar-refractivity contribution in [1.82, 2.24) is 10.3 Å². The fourth-order valence-electron chi connectivity index (χ4n) is 2.28. The van der Waals surface area contributed by atoms with E-state index in [4.69, 9.17) is 5.73 Å². The molecular weight excluding hydrogens is 264 g/mol. The van der Waals surface area contributed by atoms with Gasteiger partial charge in [-0.3, -0.25) is 9.59 Å². The number of aromatic nitrogens is 2. The third kappa shape index (κ3) is 1.69. The third-order valence-corrected chi connectivity index (χ3v) is 3.23. The van der Waals surface area contributed by atoms with E-state index in [1.807, 2.05) is 0 Å². The Morgan fingerprint density at radius 3 is 2.75 bits per heavy atom. The van der Waals surface area contributed by atoms with Gasteiger partial charge in [-0.1, -0.05) is 18.2 Å². The molecule has 8 nitrogen and oxygen atoms in total. The number of carbonyl (C=O) groups is 2. The Kier molecular flexibility index (Phi) is 2.63. The van der Waals surface area contributed by atoms with Gasteiger partial charge in [-0.25, -0.2) is 4.63 Å². The smallest absolute Gasteiger partial charge is 0.312 e. The summed E-state index contributed by atoms with van der Waals surface area (Å²) in [5.74, 6) is -2.40. The third-order valence-electron chi connectivity index (χ3n) is 3.23. The molecule has 1 aliphatic rings. The maximum atomic E-state index is 12.4. The Labute approximate surface area is 112 Å². The van der Waals surface area contributed by atoms with Crippen molar-refractivity contribution in [3.63, 3.8) is 0 Å². The van der Waals surface area contributed by atoms with Gasteiger partial charge in [0, 0.05) is 12.2 Å². The average Bonchev–Trinajstić information content (AvgIpc) is 3.01. The molecule has 0 radical (unpaired) electrons. The van der Waals surface area contributed by atoms with Crippen LogP contribution < -0.4 is 10.6 Å². The SMILES string of the molecule is Nc1nonc1C(=O)N1CC(C(=O)O)c2ccccc21.